The molecule has 1 aliphatic rings. The average molecular weight is 358 g/mol. The van der Waals surface area contributed by atoms with E-state index in [2.05, 4.69) is 15.9 Å². The molecule has 0 spiro atoms. The van der Waals surface area contributed by atoms with E-state index in [4.69, 9.17) is 16.6 Å². The van der Waals surface area contributed by atoms with E-state index in [0.29, 0.717) is 26.2 Å². The maximum Gasteiger partial charge on any atom is 0.266 e. The summed E-state index contributed by atoms with van der Waals surface area (Å²) in [6.45, 7) is 4.47. The standard InChI is InChI=1S/C13H12BrNO2S2/c1-3-8(2)7-15-12(16)10(19-13(15)18)6-9-4-5-11(14)17-9/h3-6H,7H2,1-2H3/b8-3+,10-6-. The van der Waals surface area contributed by atoms with Crippen molar-refractivity contribution in [3.8, 4) is 0 Å². The summed E-state index contributed by atoms with van der Waals surface area (Å²) in [5.74, 6) is 0.568. The smallest absolute Gasteiger partial charge is 0.266 e. The molecule has 0 bridgehead atoms. The van der Waals surface area contributed by atoms with Gasteiger partial charge in [-0.2, -0.15) is 0 Å². The van der Waals surface area contributed by atoms with Crippen molar-refractivity contribution in [2.24, 2.45) is 0 Å². The lowest BCUT2D eigenvalue weighted by Gasteiger charge is -2.14. The molecule has 1 aliphatic heterocycles. The van der Waals surface area contributed by atoms with Gasteiger partial charge in [0.15, 0.2) is 4.67 Å². The summed E-state index contributed by atoms with van der Waals surface area (Å²) in [5.41, 5.74) is 1.11. The zero-order valence-electron chi connectivity index (χ0n) is 10.5. The van der Waals surface area contributed by atoms with E-state index in [0.717, 1.165) is 5.57 Å². The van der Waals surface area contributed by atoms with Crippen LogP contribution in [0.4, 0.5) is 0 Å². The molecule has 1 fully saturated rings. The van der Waals surface area contributed by atoms with Crippen molar-refractivity contribution in [1.82, 2.24) is 4.90 Å². The van der Waals surface area contributed by atoms with Crippen LogP contribution in [0, 0.1) is 0 Å². The summed E-state index contributed by atoms with van der Waals surface area (Å²) < 4.78 is 6.59. The first-order chi connectivity index (χ1) is 9.01. The minimum absolute atomic E-state index is 0.0660. The van der Waals surface area contributed by atoms with Gasteiger partial charge in [-0.05, 0) is 41.9 Å². The normalized spacial score (nSPS) is 18.8. The van der Waals surface area contributed by atoms with Gasteiger partial charge in [0.1, 0.15) is 10.1 Å². The van der Waals surface area contributed by atoms with Gasteiger partial charge in [-0.3, -0.25) is 9.69 Å². The number of hydrogen-bond acceptors (Lipinski definition) is 4. The van der Waals surface area contributed by atoms with Crippen molar-refractivity contribution in [3.63, 3.8) is 0 Å². The van der Waals surface area contributed by atoms with Crippen molar-refractivity contribution in [1.29, 1.82) is 0 Å². The predicted octanol–water partition coefficient (Wildman–Crippen LogP) is 4.21. The predicted molar refractivity (Wildman–Crippen MR) is 85.7 cm³/mol. The molecule has 0 aromatic carbocycles. The molecule has 3 nitrogen and oxygen atoms in total. The molecule has 1 aromatic rings. The number of rotatable bonds is 3. The minimum Gasteiger partial charge on any atom is -0.450 e. The van der Waals surface area contributed by atoms with Crippen LogP contribution in [0.25, 0.3) is 6.08 Å². The maximum atomic E-state index is 12.2. The van der Waals surface area contributed by atoms with E-state index in [1.54, 1.807) is 23.1 Å². The molecule has 0 radical (unpaired) electrons. The monoisotopic (exact) mass is 357 g/mol. The summed E-state index contributed by atoms with van der Waals surface area (Å²) in [7, 11) is 0. The summed E-state index contributed by atoms with van der Waals surface area (Å²) in [6.07, 6.45) is 3.70. The number of nitrogens with zero attached hydrogens (tertiary/aromatic N) is 1. The average Bonchev–Trinajstić information content (AvgIpc) is 2.88. The molecule has 0 N–H and O–H groups in total. The fourth-order valence-corrected chi connectivity index (χ4v) is 3.07. The van der Waals surface area contributed by atoms with Gasteiger partial charge >= 0.3 is 0 Å². The van der Waals surface area contributed by atoms with Gasteiger partial charge in [0, 0.05) is 12.6 Å². The first kappa shape index (κ1) is 14.6. The Kier molecular flexibility index (Phi) is 4.65. The zero-order chi connectivity index (χ0) is 14.0. The van der Waals surface area contributed by atoms with Gasteiger partial charge in [0.05, 0.1) is 4.91 Å². The Morgan fingerprint density at radius 2 is 2.32 bits per heavy atom. The van der Waals surface area contributed by atoms with Crippen LogP contribution in [0.2, 0.25) is 0 Å². The van der Waals surface area contributed by atoms with Gasteiger partial charge in [-0.1, -0.05) is 35.6 Å². The second-order valence-corrected chi connectivity index (χ2v) is 6.50. The van der Waals surface area contributed by atoms with Crippen LogP contribution in [0.1, 0.15) is 19.6 Å². The highest BCUT2D eigenvalue weighted by Crippen LogP contribution is 2.33. The highest BCUT2D eigenvalue weighted by atomic mass is 79.9. The van der Waals surface area contributed by atoms with E-state index in [9.17, 15) is 4.79 Å². The van der Waals surface area contributed by atoms with Crippen molar-refractivity contribution in [3.05, 3.63) is 39.1 Å². The molecule has 2 rings (SSSR count). The van der Waals surface area contributed by atoms with Crippen molar-refractivity contribution in [2.75, 3.05) is 6.54 Å². The lowest BCUT2D eigenvalue weighted by molar-refractivity contribution is -0.121. The van der Waals surface area contributed by atoms with Crippen LogP contribution in [0.15, 0.2) is 37.8 Å². The highest BCUT2D eigenvalue weighted by molar-refractivity contribution is 9.10. The lowest BCUT2D eigenvalue weighted by Crippen LogP contribution is -2.29. The van der Waals surface area contributed by atoms with Crippen LogP contribution in [0.5, 0.6) is 0 Å². The summed E-state index contributed by atoms with van der Waals surface area (Å²) in [5, 5.41) is 0. The van der Waals surface area contributed by atoms with E-state index < -0.39 is 0 Å². The summed E-state index contributed by atoms with van der Waals surface area (Å²) in [6, 6.07) is 3.59. The molecule has 19 heavy (non-hydrogen) atoms. The Balaban J connectivity index is 2.20. The Hall–Kier alpha value is -0.850. The third-order valence-electron chi connectivity index (χ3n) is 2.64. The number of thiocarbonyl (C=S) groups is 1. The van der Waals surface area contributed by atoms with Gasteiger partial charge < -0.3 is 4.42 Å². The SMILES string of the molecule is C/C=C(\C)CN1C(=O)/C(=C/c2ccc(Br)o2)SC1=S. The van der Waals surface area contributed by atoms with Gasteiger partial charge in [-0.25, -0.2) is 0 Å². The third-order valence-corrected chi connectivity index (χ3v) is 4.45. The molecular formula is C13H12BrNO2S2. The Morgan fingerprint density at radius 1 is 1.58 bits per heavy atom. The third kappa shape index (κ3) is 3.38. The Labute approximate surface area is 129 Å². The van der Waals surface area contributed by atoms with Gasteiger partial charge in [-0.15, -0.1) is 0 Å². The molecule has 1 amide bonds. The van der Waals surface area contributed by atoms with Crippen LogP contribution < -0.4 is 0 Å². The van der Waals surface area contributed by atoms with Crippen LogP contribution in [0.3, 0.4) is 0 Å². The topological polar surface area (TPSA) is 33.5 Å². The second-order valence-electron chi connectivity index (χ2n) is 4.04. The number of allylic oxidation sites excluding steroid dienone is 1. The molecular weight excluding hydrogens is 346 g/mol. The van der Waals surface area contributed by atoms with Crippen LogP contribution in [-0.2, 0) is 4.79 Å². The number of hydrogen-bond donors (Lipinski definition) is 0. The second kappa shape index (κ2) is 6.07. The molecule has 6 heteroatoms. The molecule has 0 aliphatic carbocycles. The molecule has 0 unspecified atom stereocenters. The fourth-order valence-electron chi connectivity index (χ4n) is 1.51. The number of carbonyl (C=O) groups excluding carboxylic acids is 1. The van der Waals surface area contributed by atoms with E-state index in [-0.39, 0.29) is 5.91 Å². The summed E-state index contributed by atoms with van der Waals surface area (Å²) >= 11 is 9.78. The van der Waals surface area contributed by atoms with Crippen LogP contribution >= 0.6 is 39.9 Å². The van der Waals surface area contributed by atoms with Crippen molar-refractivity contribution < 1.29 is 9.21 Å². The number of furan rings is 1. The molecule has 1 saturated heterocycles. The molecule has 0 atom stereocenters. The zero-order valence-corrected chi connectivity index (χ0v) is 13.7. The molecule has 1 aromatic heterocycles. The molecule has 2 heterocycles. The van der Waals surface area contributed by atoms with E-state index >= 15 is 0 Å². The lowest BCUT2D eigenvalue weighted by atomic mass is 10.2. The number of halogens is 1. The number of carbonyl (C=O) groups is 1. The molecule has 0 saturated carbocycles. The fraction of sp³-hybridized carbons (Fsp3) is 0.231. The minimum atomic E-state index is -0.0660. The first-order valence-corrected chi connectivity index (χ1v) is 7.65. The first-order valence-electron chi connectivity index (χ1n) is 5.63. The van der Waals surface area contributed by atoms with Crippen molar-refractivity contribution in [2.45, 2.75) is 13.8 Å². The quantitative estimate of drug-likeness (QED) is 0.460. The summed E-state index contributed by atoms with van der Waals surface area (Å²) in [4.78, 5) is 14.5. The Bertz CT molecular complexity index is 589. The maximum absolute atomic E-state index is 12.2. The van der Waals surface area contributed by atoms with Gasteiger partial charge in [0.25, 0.3) is 5.91 Å². The van der Waals surface area contributed by atoms with Crippen LogP contribution in [-0.4, -0.2) is 21.7 Å². The number of thioether (sulfide) groups is 1. The van der Waals surface area contributed by atoms with Crippen molar-refractivity contribution >= 4 is 56.2 Å². The van der Waals surface area contributed by atoms with E-state index in [1.807, 2.05) is 19.9 Å². The number of amides is 1. The highest BCUT2D eigenvalue weighted by Gasteiger charge is 2.32. The molecule has 100 valence electrons. The largest absolute Gasteiger partial charge is 0.450 e. The van der Waals surface area contributed by atoms with Gasteiger partial charge in [0.2, 0.25) is 0 Å². The van der Waals surface area contributed by atoms with E-state index in [1.165, 1.54) is 11.8 Å². The Morgan fingerprint density at radius 3 is 2.89 bits per heavy atom.